The van der Waals surface area contributed by atoms with Crippen LogP contribution in [-0.4, -0.2) is 47.1 Å². The highest BCUT2D eigenvalue weighted by atomic mass is 16.5. The zero-order valence-electron chi connectivity index (χ0n) is 21.9. The van der Waals surface area contributed by atoms with Gasteiger partial charge in [-0.2, -0.15) is 0 Å². The molecule has 202 valence electrons. The van der Waals surface area contributed by atoms with Gasteiger partial charge in [-0.25, -0.2) is 4.79 Å². The van der Waals surface area contributed by atoms with Crippen molar-refractivity contribution < 1.29 is 28.7 Å². The van der Waals surface area contributed by atoms with Crippen LogP contribution in [0.2, 0.25) is 0 Å². The Hall–Kier alpha value is -4.79. The van der Waals surface area contributed by atoms with Crippen LogP contribution in [0.1, 0.15) is 47.9 Å². The fourth-order valence-electron chi connectivity index (χ4n) is 6.48. The highest BCUT2D eigenvalue weighted by Gasteiger charge is 2.62. The van der Waals surface area contributed by atoms with Gasteiger partial charge in [-0.15, -0.1) is 0 Å². The van der Waals surface area contributed by atoms with Crippen molar-refractivity contribution >= 4 is 41.0 Å². The number of carbonyl (C=O) groups excluding carboxylic acids is 5. The summed E-state index contributed by atoms with van der Waals surface area (Å²) in [6, 6.07) is 21.1. The monoisotopic (exact) mass is 537 g/mol. The Bertz CT molecular complexity index is 1450. The Morgan fingerprint density at radius 1 is 0.750 bits per heavy atom. The summed E-state index contributed by atoms with van der Waals surface area (Å²) in [5, 5.41) is 5.24. The minimum atomic E-state index is -1.18. The largest absolute Gasteiger partial charge is 0.454 e. The van der Waals surface area contributed by atoms with Crippen LogP contribution in [0.5, 0.6) is 0 Å². The molecule has 2 bridgehead atoms. The first-order valence-corrected chi connectivity index (χ1v) is 13.1. The molecule has 0 radical (unpaired) electrons. The molecule has 1 fully saturated rings. The molecule has 3 aliphatic carbocycles. The van der Waals surface area contributed by atoms with Crippen LogP contribution in [0, 0.1) is 11.8 Å². The van der Waals surface area contributed by atoms with Crippen LogP contribution in [0.4, 0.5) is 11.4 Å². The summed E-state index contributed by atoms with van der Waals surface area (Å²) in [6.45, 7) is 2.27. The topological polar surface area (TPSA) is 122 Å². The number of nitrogens with one attached hydrogen (secondary N) is 2. The lowest BCUT2D eigenvalue weighted by molar-refractivity contribution is -0.159. The van der Waals surface area contributed by atoms with Crippen molar-refractivity contribution in [1.29, 1.82) is 0 Å². The van der Waals surface area contributed by atoms with Gasteiger partial charge in [-0.1, -0.05) is 48.5 Å². The lowest BCUT2D eigenvalue weighted by Gasteiger charge is -2.45. The van der Waals surface area contributed by atoms with E-state index in [2.05, 4.69) is 10.6 Å². The van der Waals surface area contributed by atoms with Crippen molar-refractivity contribution in [3.05, 3.63) is 95.1 Å². The molecule has 2 N–H and O–H groups in total. The van der Waals surface area contributed by atoms with Crippen LogP contribution >= 0.6 is 0 Å². The van der Waals surface area contributed by atoms with Crippen LogP contribution in [-0.2, 0) is 28.7 Å². The summed E-state index contributed by atoms with van der Waals surface area (Å²) in [5.74, 6) is -4.13. The number of imide groups is 1. The average Bonchev–Trinajstić information content (AvgIpc) is 3.22. The quantitative estimate of drug-likeness (QED) is 0.367. The number of carbonyl (C=O) groups is 5. The van der Waals surface area contributed by atoms with Crippen LogP contribution in [0.25, 0.3) is 0 Å². The van der Waals surface area contributed by atoms with E-state index in [1.54, 1.807) is 24.3 Å². The van der Waals surface area contributed by atoms with Gasteiger partial charge in [0, 0.05) is 30.1 Å². The maximum absolute atomic E-state index is 13.8. The van der Waals surface area contributed by atoms with E-state index in [-0.39, 0.29) is 29.6 Å². The highest BCUT2D eigenvalue weighted by molar-refractivity contribution is 6.10. The molecule has 9 nitrogen and oxygen atoms in total. The minimum absolute atomic E-state index is 0.214. The van der Waals surface area contributed by atoms with Gasteiger partial charge < -0.3 is 15.4 Å². The molecule has 0 aromatic heterocycles. The second kappa shape index (κ2) is 9.75. The Kier molecular flexibility index (Phi) is 6.21. The molecule has 4 aliphatic rings. The molecule has 3 aromatic rings. The molecule has 1 saturated heterocycles. The van der Waals surface area contributed by atoms with Gasteiger partial charge in [0.15, 0.2) is 6.61 Å². The number of esters is 1. The molecule has 0 spiro atoms. The molecule has 9 heteroatoms. The first-order chi connectivity index (χ1) is 19.3. The Balaban J connectivity index is 1.15. The molecule has 0 unspecified atom stereocenters. The zero-order chi connectivity index (χ0) is 28.1. The number of likely N-dealkylation sites (tertiary alicyclic amines) is 1. The molecule has 4 amide bonds. The van der Waals surface area contributed by atoms with Crippen molar-refractivity contribution in [2.24, 2.45) is 11.8 Å². The third-order valence-corrected chi connectivity index (χ3v) is 8.05. The van der Waals surface area contributed by atoms with Gasteiger partial charge in [-0.3, -0.25) is 24.1 Å². The summed E-state index contributed by atoms with van der Waals surface area (Å²) in [6.07, 6.45) is 0. The Labute approximate surface area is 230 Å². The Morgan fingerprint density at radius 2 is 1.18 bits per heavy atom. The summed E-state index contributed by atoms with van der Waals surface area (Å²) in [4.78, 5) is 65.1. The van der Waals surface area contributed by atoms with E-state index in [1.807, 2.05) is 48.5 Å². The zero-order valence-corrected chi connectivity index (χ0v) is 21.9. The number of amides is 4. The van der Waals surface area contributed by atoms with Crippen LogP contribution in [0.15, 0.2) is 72.8 Å². The van der Waals surface area contributed by atoms with Crippen molar-refractivity contribution in [2.45, 2.75) is 31.7 Å². The number of benzene rings is 3. The molecule has 3 aromatic carbocycles. The highest BCUT2D eigenvalue weighted by Crippen LogP contribution is 2.61. The number of ether oxygens (including phenoxy) is 1. The SMILES string of the molecule is CC(=O)Nc1ccc(NC(=O)COC(=O)[C@H](C)N2C(=O)[C@@H]3C4c5ccccc5C(c5ccccc54)[C@@H]3C2=O)cc1. The number of anilines is 2. The maximum Gasteiger partial charge on any atom is 0.329 e. The Morgan fingerprint density at radius 3 is 1.60 bits per heavy atom. The second-order valence-electron chi connectivity index (χ2n) is 10.4. The first kappa shape index (κ1) is 25.5. The van der Waals surface area contributed by atoms with E-state index in [0.717, 1.165) is 27.2 Å². The van der Waals surface area contributed by atoms with Crippen LogP contribution in [0.3, 0.4) is 0 Å². The first-order valence-electron chi connectivity index (χ1n) is 13.1. The summed E-state index contributed by atoms with van der Waals surface area (Å²) >= 11 is 0. The summed E-state index contributed by atoms with van der Waals surface area (Å²) < 4.78 is 5.22. The second-order valence-corrected chi connectivity index (χ2v) is 10.4. The molecule has 7 rings (SSSR count). The van der Waals surface area contributed by atoms with E-state index in [4.69, 9.17) is 4.74 Å². The normalized spacial score (nSPS) is 22.6. The number of hydrogen-bond acceptors (Lipinski definition) is 6. The van der Waals surface area contributed by atoms with Gasteiger partial charge >= 0.3 is 5.97 Å². The lowest BCUT2D eigenvalue weighted by atomic mass is 9.55. The van der Waals surface area contributed by atoms with E-state index in [0.29, 0.717) is 11.4 Å². The molecule has 1 heterocycles. The standard InChI is InChI=1S/C31H27N3O6/c1-16(31(39)40-15-24(36)33-19-13-11-18(12-14-19)32-17(2)35)34-29(37)27-25-20-7-3-4-8-21(20)26(28(27)30(34)38)23-10-6-5-9-22(23)25/h3-14,16,25-28H,15H2,1-2H3,(H,32,35)(H,33,36)/t16-,25?,26?,27-,28+/m0/s1. The number of nitrogens with zero attached hydrogens (tertiary/aromatic N) is 1. The van der Waals surface area contributed by atoms with Crippen molar-refractivity contribution in [2.75, 3.05) is 17.2 Å². The van der Waals surface area contributed by atoms with Gasteiger partial charge in [-0.05, 0) is 53.4 Å². The molecule has 0 saturated carbocycles. The molecule has 1 aliphatic heterocycles. The van der Waals surface area contributed by atoms with Crippen molar-refractivity contribution in [1.82, 2.24) is 4.90 Å². The minimum Gasteiger partial charge on any atom is -0.454 e. The average molecular weight is 538 g/mol. The lowest BCUT2D eigenvalue weighted by Crippen LogP contribution is -2.45. The van der Waals surface area contributed by atoms with Crippen molar-refractivity contribution in [3.8, 4) is 0 Å². The fraction of sp³-hybridized carbons (Fsp3) is 0.258. The third-order valence-electron chi connectivity index (χ3n) is 8.05. The predicted molar refractivity (Wildman–Crippen MR) is 145 cm³/mol. The van der Waals surface area contributed by atoms with E-state index in [1.165, 1.54) is 13.8 Å². The van der Waals surface area contributed by atoms with Gasteiger partial charge in [0.1, 0.15) is 6.04 Å². The summed E-state index contributed by atoms with van der Waals surface area (Å²) in [5.41, 5.74) is 5.22. The number of rotatable bonds is 6. The molecule has 3 atom stereocenters. The third kappa shape index (κ3) is 4.05. The van der Waals surface area contributed by atoms with Gasteiger partial charge in [0.05, 0.1) is 11.8 Å². The van der Waals surface area contributed by atoms with E-state index >= 15 is 0 Å². The molecular formula is C31H27N3O6. The van der Waals surface area contributed by atoms with Crippen molar-refractivity contribution in [3.63, 3.8) is 0 Å². The van der Waals surface area contributed by atoms with E-state index < -0.39 is 36.4 Å². The van der Waals surface area contributed by atoms with E-state index in [9.17, 15) is 24.0 Å². The molecule has 40 heavy (non-hydrogen) atoms. The van der Waals surface area contributed by atoms with Gasteiger partial charge in [0.2, 0.25) is 17.7 Å². The smallest absolute Gasteiger partial charge is 0.329 e. The predicted octanol–water partition coefficient (Wildman–Crippen LogP) is 3.41. The fourth-order valence-corrected chi connectivity index (χ4v) is 6.48. The van der Waals surface area contributed by atoms with Crippen LogP contribution < -0.4 is 10.6 Å². The molecular weight excluding hydrogens is 510 g/mol. The maximum atomic E-state index is 13.8. The number of hydrogen-bond donors (Lipinski definition) is 2. The van der Waals surface area contributed by atoms with Gasteiger partial charge in [0.25, 0.3) is 5.91 Å². The summed E-state index contributed by atoms with van der Waals surface area (Å²) in [7, 11) is 0.